The van der Waals surface area contributed by atoms with Crippen molar-refractivity contribution in [3.63, 3.8) is 0 Å². The Hall–Kier alpha value is -1.82. The monoisotopic (exact) mass is 254 g/mol. The van der Waals surface area contributed by atoms with E-state index < -0.39 is 5.97 Å². The summed E-state index contributed by atoms with van der Waals surface area (Å²) in [4.78, 5) is 22.4. The highest BCUT2D eigenvalue weighted by atomic mass is 16.5. The molecule has 0 aliphatic carbocycles. The summed E-state index contributed by atoms with van der Waals surface area (Å²) < 4.78 is 6.66. The van der Waals surface area contributed by atoms with E-state index in [0.717, 1.165) is 0 Å². The highest BCUT2D eigenvalue weighted by Crippen LogP contribution is 2.01. The van der Waals surface area contributed by atoms with Crippen molar-refractivity contribution in [1.29, 1.82) is 0 Å². The van der Waals surface area contributed by atoms with E-state index in [9.17, 15) is 9.59 Å². The van der Waals surface area contributed by atoms with E-state index in [1.54, 1.807) is 12.3 Å². The van der Waals surface area contributed by atoms with E-state index in [-0.39, 0.29) is 24.2 Å². The van der Waals surface area contributed by atoms with Crippen molar-refractivity contribution in [1.82, 2.24) is 9.88 Å². The van der Waals surface area contributed by atoms with Gasteiger partial charge in [0.05, 0.1) is 12.7 Å². The van der Waals surface area contributed by atoms with Crippen LogP contribution in [0, 0.1) is 0 Å². The van der Waals surface area contributed by atoms with Crippen LogP contribution in [0.5, 0.6) is 0 Å². The zero-order chi connectivity index (χ0) is 13.5. The molecule has 0 fully saturated rings. The fraction of sp³-hybridized carbons (Fsp3) is 0.500. The summed E-state index contributed by atoms with van der Waals surface area (Å²) in [6.45, 7) is 4.69. The van der Waals surface area contributed by atoms with E-state index in [1.165, 1.54) is 10.6 Å². The molecule has 0 saturated carbocycles. The van der Waals surface area contributed by atoms with Gasteiger partial charge in [0.25, 0.3) is 0 Å². The SMILES string of the molecule is CC(C)OCCNC(=O)Cn1cccc1C(=O)O. The van der Waals surface area contributed by atoms with E-state index in [4.69, 9.17) is 9.84 Å². The predicted octanol–water partition coefficient (Wildman–Crippen LogP) is 0.727. The maximum Gasteiger partial charge on any atom is 0.352 e. The van der Waals surface area contributed by atoms with E-state index >= 15 is 0 Å². The molecule has 18 heavy (non-hydrogen) atoms. The first-order valence-electron chi connectivity index (χ1n) is 5.77. The summed E-state index contributed by atoms with van der Waals surface area (Å²) >= 11 is 0. The van der Waals surface area contributed by atoms with Gasteiger partial charge >= 0.3 is 5.97 Å². The third kappa shape index (κ3) is 4.58. The number of hydrogen-bond acceptors (Lipinski definition) is 3. The highest BCUT2D eigenvalue weighted by molar-refractivity contribution is 5.86. The Labute approximate surface area is 106 Å². The van der Waals surface area contributed by atoms with Crippen LogP contribution in [0.25, 0.3) is 0 Å². The molecule has 1 amide bonds. The fourth-order valence-corrected chi connectivity index (χ4v) is 1.44. The lowest BCUT2D eigenvalue weighted by atomic mass is 10.4. The first-order valence-corrected chi connectivity index (χ1v) is 5.77. The maximum absolute atomic E-state index is 11.5. The van der Waals surface area contributed by atoms with Crippen LogP contribution in [0.1, 0.15) is 24.3 Å². The lowest BCUT2D eigenvalue weighted by molar-refractivity contribution is -0.122. The lowest BCUT2D eigenvalue weighted by Gasteiger charge is -2.09. The van der Waals surface area contributed by atoms with Crippen molar-refractivity contribution in [3.8, 4) is 0 Å². The van der Waals surface area contributed by atoms with E-state index in [2.05, 4.69) is 5.32 Å². The Morgan fingerprint density at radius 2 is 2.22 bits per heavy atom. The number of rotatable bonds is 7. The van der Waals surface area contributed by atoms with Crippen LogP contribution in [0.2, 0.25) is 0 Å². The third-order valence-electron chi connectivity index (χ3n) is 2.24. The molecule has 100 valence electrons. The van der Waals surface area contributed by atoms with Gasteiger partial charge in [-0.25, -0.2) is 4.79 Å². The highest BCUT2D eigenvalue weighted by Gasteiger charge is 2.11. The molecule has 0 aliphatic heterocycles. The molecular formula is C12H18N2O4. The first kappa shape index (κ1) is 14.2. The molecule has 1 heterocycles. The summed E-state index contributed by atoms with van der Waals surface area (Å²) in [6, 6.07) is 3.05. The van der Waals surface area contributed by atoms with Crippen LogP contribution in [0.15, 0.2) is 18.3 Å². The molecule has 1 aromatic heterocycles. The zero-order valence-electron chi connectivity index (χ0n) is 10.5. The number of ether oxygens (including phenoxy) is 1. The van der Waals surface area contributed by atoms with Gasteiger partial charge in [-0.3, -0.25) is 4.79 Å². The second kappa shape index (κ2) is 6.80. The Kier molecular flexibility index (Phi) is 5.38. The number of carbonyl (C=O) groups is 2. The fourth-order valence-electron chi connectivity index (χ4n) is 1.44. The van der Waals surface area contributed by atoms with Crippen LogP contribution >= 0.6 is 0 Å². The smallest absolute Gasteiger partial charge is 0.352 e. The minimum Gasteiger partial charge on any atom is -0.477 e. The lowest BCUT2D eigenvalue weighted by Crippen LogP contribution is -2.31. The van der Waals surface area contributed by atoms with Crippen LogP contribution in [-0.4, -0.2) is 40.8 Å². The molecule has 0 radical (unpaired) electrons. The van der Waals surface area contributed by atoms with Crippen LogP contribution in [0.3, 0.4) is 0 Å². The van der Waals surface area contributed by atoms with Gasteiger partial charge in [-0.05, 0) is 26.0 Å². The van der Waals surface area contributed by atoms with E-state index in [1.807, 2.05) is 13.8 Å². The Morgan fingerprint density at radius 1 is 1.50 bits per heavy atom. The molecule has 0 aromatic carbocycles. The molecule has 0 spiro atoms. The summed E-state index contributed by atoms with van der Waals surface area (Å²) in [5.41, 5.74) is 0.101. The number of amides is 1. The summed E-state index contributed by atoms with van der Waals surface area (Å²) in [7, 11) is 0. The molecule has 6 nitrogen and oxygen atoms in total. The number of nitrogens with zero attached hydrogens (tertiary/aromatic N) is 1. The zero-order valence-corrected chi connectivity index (χ0v) is 10.5. The van der Waals surface area contributed by atoms with E-state index in [0.29, 0.717) is 13.2 Å². The molecule has 0 saturated heterocycles. The van der Waals surface area contributed by atoms with Gasteiger partial charge in [0.1, 0.15) is 12.2 Å². The molecule has 0 aliphatic rings. The average Bonchev–Trinajstić information content (AvgIpc) is 2.72. The first-order chi connectivity index (χ1) is 8.50. The van der Waals surface area contributed by atoms with Crippen LogP contribution in [-0.2, 0) is 16.1 Å². The number of carboxylic acids is 1. The van der Waals surface area contributed by atoms with Crippen LogP contribution in [0.4, 0.5) is 0 Å². The van der Waals surface area contributed by atoms with Crippen molar-refractivity contribution in [2.24, 2.45) is 0 Å². The second-order valence-electron chi connectivity index (χ2n) is 4.10. The van der Waals surface area contributed by atoms with Gasteiger partial charge in [-0.2, -0.15) is 0 Å². The van der Waals surface area contributed by atoms with Crippen molar-refractivity contribution in [2.45, 2.75) is 26.5 Å². The van der Waals surface area contributed by atoms with Crippen molar-refractivity contribution in [3.05, 3.63) is 24.0 Å². The van der Waals surface area contributed by atoms with Crippen molar-refractivity contribution >= 4 is 11.9 Å². The molecule has 0 atom stereocenters. The predicted molar refractivity (Wildman–Crippen MR) is 65.5 cm³/mol. The third-order valence-corrected chi connectivity index (χ3v) is 2.24. The number of carbonyl (C=O) groups excluding carboxylic acids is 1. The van der Waals surface area contributed by atoms with Gasteiger partial charge in [-0.15, -0.1) is 0 Å². The standard InChI is InChI=1S/C12H18N2O4/c1-9(2)18-7-5-13-11(15)8-14-6-3-4-10(14)12(16)17/h3-4,6,9H,5,7-8H2,1-2H3,(H,13,15)(H,16,17). The topological polar surface area (TPSA) is 80.6 Å². The Morgan fingerprint density at radius 3 is 2.83 bits per heavy atom. The average molecular weight is 254 g/mol. The molecule has 0 bridgehead atoms. The quantitative estimate of drug-likeness (QED) is 0.703. The van der Waals surface area contributed by atoms with Gasteiger partial charge in [0.15, 0.2) is 0 Å². The summed E-state index contributed by atoms with van der Waals surface area (Å²) in [5, 5.41) is 11.5. The van der Waals surface area contributed by atoms with Crippen LogP contribution < -0.4 is 5.32 Å². The maximum atomic E-state index is 11.5. The van der Waals surface area contributed by atoms with Gasteiger partial charge in [0.2, 0.25) is 5.91 Å². The second-order valence-corrected chi connectivity index (χ2v) is 4.10. The Balaban J connectivity index is 2.36. The minimum absolute atomic E-state index is 0.00366. The normalized spacial score (nSPS) is 10.6. The minimum atomic E-state index is -1.05. The Bertz CT molecular complexity index is 412. The number of hydrogen-bond donors (Lipinski definition) is 2. The molecular weight excluding hydrogens is 236 g/mol. The number of aromatic carboxylic acids is 1. The summed E-state index contributed by atoms with van der Waals surface area (Å²) in [5.74, 6) is -1.28. The number of aromatic nitrogens is 1. The molecule has 2 N–H and O–H groups in total. The van der Waals surface area contributed by atoms with Crippen molar-refractivity contribution in [2.75, 3.05) is 13.2 Å². The van der Waals surface area contributed by atoms with Gasteiger partial charge in [0, 0.05) is 12.7 Å². The van der Waals surface area contributed by atoms with Crippen molar-refractivity contribution < 1.29 is 19.4 Å². The number of carboxylic acid groups (broad SMARTS) is 1. The largest absolute Gasteiger partial charge is 0.477 e. The molecule has 1 aromatic rings. The molecule has 1 rings (SSSR count). The van der Waals surface area contributed by atoms with Gasteiger partial charge in [-0.1, -0.05) is 0 Å². The molecule has 6 heteroatoms. The number of nitrogens with one attached hydrogen (secondary N) is 1. The summed E-state index contributed by atoms with van der Waals surface area (Å²) in [6.07, 6.45) is 1.69. The molecule has 0 unspecified atom stereocenters. The van der Waals surface area contributed by atoms with Gasteiger partial charge < -0.3 is 19.7 Å².